The summed E-state index contributed by atoms with van der Waals surface area (Å²) in [6.45, 7) is 0. The minimum Gasteiger partial charge on any atom is -0.273 e. The summed E-state index contributed by atoms with van der Waals surface area (Å²) in [5, 5.41) is 4.64. The Kier molecular flexibility index (Phi) is 3.76. The maximum Gasteiger partial charge on any atom is 0.269 e. The topological polar surface area (TPSA) is 54.0 Å². The van der Waals surface area contributed by atoms with Gasteiger partial charge in [0.2, 0.25) is 5.13 Å². The van der Waals surface area contributed by atoms with Crippen LogP contribution in [0.15, 0.2) is 53.2 Å². The fourth-order valence-electron chi connectivity index (χ4n) is 1.64. The highest BCUT2D eigenvalue weighted by atomic mass is 32.1. The molecule has 0 saturated heterocycles. The summed E-state index contributed by atoms with van der Waals surface area (Å²) in [7, 11) is 0. The van der Waals surface area contributed by atoms with Gasteiger partial charge >= 0.3 is 0 Å². The number of thiophene rings is 1. The van der Waals surface area contributed by atoms with Gasteiger partial charge in [0, 0.05) is 10.9 Å². The maximum atomic E-state index is 11.9. The number of anilines is 1. The van der Waals surface area contributed by atoms with Gasteiger partial charge in [-0.15, -0.1) is 22.7 Å². The highest BCUT2D eigenvalue weighted by Gasteiger charge is 2.07. The van der Waals surface area contributed by atoms with Crippen molar-refractivity contribution in [2.75, 3.05) is 5.43 Å². The van der Waals surface area contributed by atoms with Gasteiger partial charge in [-0.05, 0) is 23.6 Å². The zero-order valence-electron chi connectivity index (χ0n) is 10.4. The molecule has 3 aromatic rings. The normalized spacial score (nSPS) is 10.2. The first kappa shape index (κ1) is 12.8. The third-order valence-electron chi connectivity index (χ3n) is 2.60. The summed E-state index contributed by atoms with van der Waals surface area (Å²) in [4.78, 5) is 17.4. The van der Waals surface area contributed by atoms with Gasteiger partial charge in [0.05, 0.1) is 10.6 Å². The third kappa shape index (κ3) is 2.87. The van der Waals surface area contributed by atoms with Gasteiger partial charge in [-0.3, -0.25) is 15.6 Å². The van der Waals surface area contributed by atoms with E-state index in [-0.39, 0.29) is 5.91 Å². The minimum atomic E-state index is -0.182. The molecule has 2 N–H and O–H groups in total. The second-order valence-electron chi connectivity index (χ2n) is 3.96. The number of carbonyl (C=O) groups is 1. The van der Waals surface area contributed by atoms with E-state index in [1.165, 1.54) is 11.3 Å². The quantitative estimate of drug-likeness (QED) is 0.724. The van der Waals surface area contributed by atoms with Crippen LogP contribution in [-0.4, -0.2) is 10.9 Å². The number of aromatic nitrogens is 1. The largest absolute Gasteiger partial charge is 0.273 e. The van der Waals surface area contributed by atoms with Crippen LogP contribution in [0.2, 0.25) is 0 Å². The van der Waals surface area contributed by atoms with E-state index in [1.54, 1.807) is 23.5 Å². The standard InChI is InChI=1S/C14H11N3OS2/c18-13(10-5-2-1-3-6-10)16-17-14-15-11(9-20-14)12-7-4-8-19-12/h1-9H,(H,15,17)(H,16,18). The van der Waals surface area contributed by atoms with Gasteiger partial charge in [-0.1, -0.05) is 24.3 Å². The van der Waals surface area contributed by atoms with Crippen molar-refractivity contribution in [3.63, 3.8) is 0 Å². The lowest BCUT2D eigenvalue weighted by Gasteiger charge is -2.04. The summed E-state index contributed by atoms with van der Waals surface area (Å²) in [5.41, 5.74) is 7.00. The average Bonchev–Trinajstić information content (AvgIpc) is 3.16. The summed E-state index contributed by atoms with van der Waals surface area (Å²) in [6.07, 6.45) is 0. The van der Waals surface area contributed by atoms with Crippen molar-refractivity contribution < 1.29 is 4.79 Å². The predicted molar refractivity (Wildman–Crippen MR) is 83.0 cm³/mol. The van der Waals surface area contributed by atoms with E-state index in [9.17, 15) is 4.79 Å². The molecule has 1 amide bonds. The smallest absolute Gasteiger partial charge is 0.269 e. The first-order valence-electron chi connectivity index (χ1n) is 5.94. The Balaban J connectivity index is 1.63. The lowest BCUT2D eigenvalue weighted by atomic mass is 10.2. The zero-order chi connectivity index (χ0) is 13.8. The maximum absolute atomic E-state index is 11.9. The Morgan fingerprint density at radius 2 is 1.90 bits per heavy atom. The van der Waals surface area contributed by atoms with E-state index in [1.807, 2.05) is 41.1 Å². The van der Waals surface area contributed by atoms with Crippen molar-refractivity contribution in [3.8, 4) is 10.6 Å². The lowest BCUT2D eigenvalue weighted by molar-refractivity contribution is 0.0962. The van der Waals surface area contributed by atoms with Gasteiger partial charge in [0.15, 0.2) is 0 Å². The average molecular weight is 301 g/mol. The zero-order valence-corrected chi connectivity index (χ0v) is 12.0. The predicted octanol–water partition coefficient (Wildman–Crippen LogP) is 3.63. The number of hydrogen-bond donors (Lipinski definition) is 2. The first-order valence-corrected chi connectivity index (χ1v) is 7.69. The molecule has 0 aliphatic rings. The van der Waals surface area contributed by atoms with Crippen molar-refractivity contribution in [2.45, 2.75) is 0 Å². The van der Waals surface area contributed by atoms with Crippen LogP contribution >= 0.6 is 22.7 Å². The van der Waals surface area contributed by atoms with E-state index in [0.717, 1.165) is 10.6 Å². The fourth-order valence-corrected chi connectivity index (χ4v) is 3.07. The van der Waals surface area contributed by atoms with Crippen LogP contribution in [0.4, 0.5) is 5.13 Å². The molecule has 0 saturated carbocycles. The summed E-state index contributed by atoms with van der Waals surface area (Å²) < 4.78 is 0. The van der Waals surface area contributed by atoms with Crippen LogP contribution in [0.25, 0.3) is 10.6 Å². The molecule has 0 bridgehead atoms. The molecular weight excluding hydrogens is 290 g/mol. The van der Waals surface area contributed by atoms with E-state index in [0.29, 0.717) is 10.7 Å². The number of nitrogens with zero attached hydrogens (tertiary/aromatic N) is 1. The van der Waals surface area contributed by atoms with Gasteiger partial charge in [0.1, 0.15) is 0 Å². The molecule has 0 aliphatic carbocycles. The molecule has 2 aromatic heterocycles. The Bertz CT molecular complexity index is 692. The number of hydrazine groups is 1. The molecule has 6 heteroatoms. The Hall–Kier alpha value is -2.18. The van der Waals surface area contributed by atoms with Gasteiger partial charge in [0.25, 0.3) is 5.91 Å². The summed E-state index contributed by atoms with van der Waals surface area (Å²) >= 11 is 3.09. The first-order chi connectivity index (χ1) is 9.83. The van der Waals surface area contributed by atoms with E-state index >= 15 is 0 Å². The van der Waals surface area contributed by atoms with Crippen LogP contribution in [0.5, 0.6) is 0 Å². The van der Waals surface area contributed by atoms with E-state index < -0.39 is 0 Å². The number of nitrogens with one attached hydrogen (secondary N) is 2. The van der Waals surface area contributed by atoms with Crippen LogP contribution in [0.1, 0.15) is 10.4 Å². The summed E-state index contributed by atoms with van der Waals surface area (Å²) in [6, 6.07) is 13.1. The monoisotopic (exact) mass is 301 g/mol. The van der Waals surface area contributed by atoms with Crippen LogP contribution in [-0.2, 0) is 0 Å². The van der Waals surface area contributed by atoms with Gasteiger partial charge < -0.3 is 0 Å². The Morgan fingerprint density at radius 3 is 2.65 bits per heavy atom. The second kappa shape index (κ2) is 5.85. The number of benzene rings is 1. The third-order valence-corrected chi connectivity index (χ3v) is 4.25. The molecule has 2 heterocycles. The molecule has 3 rings (SSSR count). The number of hydrogen-bond acceptors (Lipinski definition) is 5. The second-order valence-corrected chi connectivity index (χ2v) is 5.77. The van der Waals surface area contributed by atoms with Gasteiger partial charge in [-0.2, -0.15) is 0 Å². The molecule has 20 heavy (non-hydrogen) atoms. The Morgan fingerprint density at radius 1 is 1.05 bits per heavy atom. The number of rotatable bonds is 4. The number of carbonyl (C=O) groups excluding carboxylic acids is 1. The Labute approximate surface area is 124 Å². The molecule has 0 spiro atoms. The van der Waals surface area contributed by atoms with Crippen molar-refractivity contribution >= 4 is 33.7 Å². The molecule has 1 aromatic carbocycles. The van der Waals surface area contributed by atoms with Crippen molar-refractivity contribution in [1.29, 1.82) is 0 Å². The van der Waals surface area contributed by atoms with Crippen molar-refractivity contribution in [2.24, 2.45) is 0 Å². The molecule has 0 atom stereocenters. The van der Waals surface area contributed by atoms with Crippen LogP contribution in [0.3, 0.4) is 0 Å². The SMILES string of the molecule is O=C(NNc1nc(-c2cccs2)cs1)c1ccccc1. The highest BCUT2D eigenvalue weighted by molar-refractivity contribution is 7.15. The van der Waals surface area contributed by atoms with Crippen LogP contribution in [0, 0.1) is 0 Å². The highest BCUT2D eigenvalue weighted by Crippen LogP contribution is 2.27. The molecule has 0 fully saturated rings. The van der Waals surface area contributed by atoms with Crippen molar-refractivity contribution in [3.05, 3.63) is 58.8 Å². The fraction of sp³-hybridized carbons (Fsp3) is 0. The molecule has 0 aliphatic heterocycles. The molecular formula is C14H11N3OS2. The molecule has 0 radical (unpaired) electrons. The van der Waals surface area contributed by atoms with E-state index in [4.69, 9.17) is 0 Å². The molecule has 100 valence electrons. The lowest BCUT2D eigenvalue weighted by Crippen LogP contribution is -2.29. The van der Waals surface area contributed by atoms with Crippen molar-refractivity contribution in [1.82, 2.24) is 10.4 Å². The number of thiazole rings is 1. The minimum absolute atomic E-state index is 0.182. The van der Waals surface area contributed by atoms with Gasteiger partial charge in [-0.25, -0.2) is 4.98 Å². The number of amides is 1. The van der Waals surface area contributed by atoms with Crippen LogP contribution < -0.4 is 10.9 Å². The summed E-state index contributed by atoms with van der Waals surface area (Å²) in [5.74, 6) is -0.182. The molecule has 4 nitrogen and oxygen atoms in total. The molecule has 0 unspecified atom stereocenters. The van der Waals surface area contributed by atoms with E-state index in [2.05, 4.69) is 15.8 Å².